The second-order valence-corrected chi connectivity index (χ2v) is 6.02. The smallest absolute Gasteiger partial charge is 0.258 e. The van der Waals surface area contributed by atoms with Crippen LogP contribution in [0.25, 0.3) is 0 Å². The monoisotopic (exact) mass is 306 g/mol. The van der Waals surface area contributed by atoms with Crippen LogP contribution in [0.3, 0.4) is 0 Å². The molecule has 1 fully saturated rings. The quantitative estimate of drug-likeness (QED) is 0.792. The van der Waals surface area contributed by atoms with Crippen LogP contribution in [-0.2, 0) is 4.79 Å². The lowest BCUT2D eigenvalue weighted by molar-refractivity contribution is -0.124. The van der Waals surface area contributed by atoms with Crippen LogP contribution in [0.1, 0.15) is 38.2 Å². The summed E-state index contributed by atoms with van der Waals surface area (Å²) in [5, 5.41) is 3.02. The van der Waals surface area contributed by atoms with Crippen molar-refractivity contribution in [3.05, 3.63) is 29.8 Å². The molecule has 1 unspecified atom stereocenters. The van der Waals surface area contributed by atoms with Crippen molar-refractivity contribution in [2.45, 2.75) is 38.6 Å². The maximum Gasteiger partial charge on any atom is 0.258 e. The molecule has 0 radical (unpaired) electrons. The average molecular weight is 306 g/mol. The van der Waals surface area contributed by atoms with Crippen molar-refractivity contribution in [2.24, 2.45) is 11.7 Å². The van der Waals surface area contributed by atoms with Gasteiger partial charge in [-0.1, -0.05) is 25.1 Å². The molecule has 0 bridgehead atoms. The highest BCUT2D eigenvalue weighted by atomic mass is 32.1. The average Bonchev–Trinajstić information content (AvgIpc) is 3.00. The largest absolute Gasteiger partial charge is 0.484 e. The Morgan fingerprint density at radius 3 is 2.57 bits per heavy atom. The van der Waals surface area contributed by atoms with E-state index in [4.69, 9.17) is 22.7 Å². The molecule has 0 spiro atoms. The summed E-state index contributed by atoms with van der Waals surface area (Å²) < 4.78 is 5.47. The third-order valence-electron chi connectivity index (χ3n) is 4.00. The predicted octanol–water partition coefficient (Wildman–Crippen LogP) is 2.39. The minimum absolute atomic E-state index is 0.0312. The number of carbonyl (C=O) groups is 1. The molecule has 0 saturated heterocycles. The van der Waals surface area contributed by atoms with E-state index < -0.39 is 0 Å². The highest BCUT2D eigenvalue weighted by molar-refractivity contribution is 7.80. The van der Waals surface area contributed by atoms with Crippen LogP contribution in [0.4, 0.5) is 0 Å². The van der Waals surface area contributed by atoms with E-state index in [2.05, 4.69) is 12.2 Å². The van der Waals surface area contributed by atoms with E-state index in [1.165, 1.54) is 25.7 Å². The fourth-order valence-corrected chi connectivity index (χ4v) is 2.87. The van der Waals surface area contributed by atoms with E-state index >= 15 is 0 Å². The summed E-state index contributed by atoms with van der Waals surface area (Å²) in [6, 6.07) is 7.33. The van der Waals surface area contributed by atoms with Crippen molar-refractivity contribution < 1.29 is 9.53 Å². The molecule has 1 aromatic carbocycles. The molecule has 1 atom stereocenters. The highest BCUT2D eigenvalue weighted by Gasteiger charge is 2.22. The van der Waals surface area contributed by atoms with Gasteiger partial charge in [0.15, 0.2) is 6.61 Å². The minimum Gasteiger partial charge on any atom is -0.484 e. The van der Waals surface area contributed by atoms with Gasteiger partial charge in [-0.25, -0.2) is 0 Å². The van der Waals surface area contributed by atoms with Crippen molar-refractivity contribution in [1.82, 2.24) is 5.32 Å². The van der Waals surface area contributed by atoms with Crippen LogP contribution in [0.2, 0.25) is 0 Å². The van der Waals surface area contributed by atoms with E-state index in [9.17, 15) is 4.79 Å². The zero-order chi connectivity index (χ0) is 15.2. The molecule has 3 N–H and O–H groups in total. The molecule has 1 amide bonds. The molecule has 1 aliphatic rings. The third kappa shape index (κ3) is 4.70. The standard InChI is InChI=1S/C16H22N2O2S/c1-11(12-4-2-3-5-12)18-15(19)10-20-14-8-6-13(7-9-14)16(17)21/h6-9,11-12H,2-5,10H2,1H3,(H2,17,21)(H,18,19). The normalized spacial score (nSPS) is 16.4. The Kier molecular flexibility index (Phi) is 5.56. The first kappa shape index (κ1) is 15.8. The Bertz CT molecular complexity index is 496. The molecule has 4 nitrogen and oxygen atoms in total. The van der Waals surface area contributed by atoms with Crippen molar-refractivity contribution in [2.75, 3.05) is 6.61 Å². The number of nitrogens with two attached hydrogens (primary N) is 1. The van der Waals surface area contributed by atoms with E-state index in [0.29, 0.717) is 16.7 Å². The Morgan fingerprint density at radius 1 is 1.38 bits per heavy atom. The zero-order valence-electron chi connectivity index (χ0n) is 12.3. The number of rotatable bonds is 6. The van der Waals surface area contributed by atoms with Crippen LogP contribution >= 0.6 is 12.2 Å². The first-order valence-electron chi connectivity index (χ1n) is 7.38. The van der Waals surface area contributed by atoms with Crippen LogP contribution < -0.4 is 15.8 Å². The molecule has 1 aromatic rings. The van der Waals surface area contributed by atoms with Gasteiger partial charge >= 0.3 is 0 Å². The number of nitrogens with one attached hydrogen (secondary N) is 1. The molecule has 0 aromatic heterocycles. The summed E-state index contributed by atoms with van der Waals surface area (Å²) in [5.74, 6) is 1.17. The second-order valence-electron chi connectivity index (χ2n) is 5.58. The molecule has 1 aliphatic carbocycles. The van der Waals surface area contributed by atoms with Gasteiger partial charge in [-0.05, 0) is 49.9 Å². The molecule has 2 rings (SSSR count). The van der Waals surface area contributed by atoms with Crippen LogP contribution in [-0.4, -0.2) is 23.5 Å². The van der Waals surface area contributed by atoms with Crippen LogP contribution in [0, 0.1) is 5.92 Å². The number of amides is 1. The molecular weight excluding hydrogens is 284 g/mol. The van der Waals surface area contributed by atoms with Crippen molar-refractivity contribution in [1.29, 1.82) is 0 Å². The van der Waals surface area contributed by atoms with Crippen LogP contribution in [0.5, 0.6) is 5.75 Å². The number of benzene rings is 1. The lowest BCUT2D eigenvalue weighted by Gasteiger charge is -2.20. The SMILES string of the molecule is CC(NC(=O)COc1ccc(C(N)=S)cc1)C1CCCC1. The first-order chi connectivity index (χ1) is 10.1. The Balaban J connectivity index is 1.76. The summed E-state index contributed by atoms with van der Waals surface area (Å²) in [6.07, 6.45) is 4.97. The molecule has 0 heterocycles. The predicted molar refractivity (Wildman–Crippen MR) is 87.4 cm³/mol. The lowest BCUT2D eigenvalue weighted by atomic mass is 10.00. The summed E-state index contributed by atoms with van der Waals surface area (Å²) in [4.78, 5) is 12.2. The van der Waals surface area contributed by atoms with E-state index in [0.717, 1.165) is 5.56 Å². The van der Waals surface area contributed by atoms with Crippen LogP contribution in [0.15, 0.2) is 24.3 Å². The first-order valence-corrected chi connectivity index (χ1v) is 7.79. The summed E-state index contributed by atoms with van der Waals surface area (Å²) in [5.41, 5.74) is 6.32. The van der Waals surface area contributed by atoms with Crippen molar-refractivity contribution in [3.63, 3.8) is 0 Å². The molecular formula is C16H22N2O2S. The topological polar surface area (TPSA) is 64.3 Å². The van der Waals surface area contributed by atoms with Gasteiger partial charge < -0.3 is 15.8 Å². The van der Waals surface area contributed by atoms with Gasteiger partial charge in [-0.2, -0.15) is 0 Å². The Morgan fingerprint density at radius 2 is 2.00 bits per heavy atom. The fraction of sp³-hybridized carbons (Fsp3) is 0.500. The summed E-state index contributed by atoms with van der Waals surface area (Å²) in [6.45, 7) is 2.11. The second kappa shape index (κ2) is 7.41. The highest BCUT2D eigenvalue weighted by Crippen LogP contribution is 2.27. The summed E-state index contributed by atoms with van der Waals surface area (Å²) in [7, 11) is 0. The van der Waals surface area contributed by atoms with Gasteiger partial charge in [0.1, 0.15) is 10.7 Å². The number of thiocarbonyl (C=S) groups is 1. The fourth-order valence-electron chi connectivity index (χ4n) is 2.74. The Hall–Kier alpha value is -1.62. The maximum absolute atomic E-state index is 11.9. The van der Waals surface area contributed by atoms with Crippen molar-refractivity contribution >= 4 is 23.1 Å². The van der Waals surface area contributed by atoms with Gasteiger partial charge in [0.25, 0.3) is 5.91 Å². The third-order valence-corrected chi connectivity index (χ3v) is 4.24. The van der Waals surface area contributed by atoms with E-state index in [1.807, 2.05) is 0 Å². The van der Waals surface area contributed by atoms with Gasteiger partial charge in [-0.15, -0.1) is 0 Å². The van der Waals surface area contributed by atoms with E-state index in [1.54, 1.807) is 24.3 Å². The van der Waals surface area contributed by atoms with Crippen molar-refractivity contribution in [3.8, 4) is 5.75 Å². The molecule has 5 heteroatoms. The molecule has 0 aliphatic heterocycles. The van der Waals surface area contributed by atoms with Gasteiger partial charge in [-0.3, -0.25) is 4.79 Å². The maximum atomic E-state index is 11.9. The molecule has 21 heavy (non-hydrogen) atoms. The number of hydrogen-bond donors (Lipinski definition) is 2. The summed E-state index contributed by atoms with van der Waals surface area (Å²) >= 11 is 4.88. The zero-order valence-corrected chi connectivity index (χ0v) is 13.1. The number of carbonyl (C=O) groups excluding carboxylic acids is 1. The Labute approximate surface area is 131 Å². The molecule has 1 saturated carbocycles. The minimum atomic E-state index is -0.0761. The number of ether oxygens (including phenoxy) is 1. The van der Waals surface area contributed by atoms with E-state index in [-0.39, 0.29) is 18.6 Å². The lowest BCUT2D eigenvalue weighted by Crippen LogP contribution is -2.39. The number of hydrogen-bond acceptors (Lipinski definition) is 3. The van der Waals surface area contributed by atoms with Gasteiger partial charge in [0.05, 0.1) is 0 Å². The van der Waals surface area contributed by atoms with Gasteiger partial charge in [0, 0.05) is 11.6 Å². The molecule has 114 valence electrons. The van der Waals surface area contributed by atoms with Gasteiger partial charge in [0.2, 0.25) is 0 Å².